The average Bonchev–Trinajstić information content (AvgIpc) is 2.50. The topological polar surface area (TPSA) is 41.8 Å². The van der Waals surface area contributed by atoms with E-state index in [4.69, 9.17) is 5.73 Å². The Kier molecular flexibility index (Phi) is 2.52. The number of aromatic nitrogens is 1. The third-order valence-electron chi connectivity index (χ3n) is 3.43. The lowest BCUT2D eigenvalue weighted by Gasteiger charge is -2.17. The molecule has 1 aromatic heterocycles. The first kappa shape index (κ1) is 10.4. The molecular formula is C13H15BrN2. The van der Waals surface area contributed by atoms with Crippen LogP contribution in [0.3, 0.4) is 0 Å². The van der Waals surface area contributed by atoms with Crippen LogP contribution in [-0.4, -0.2) is 11.0 Å². The summed E-state index contributed by atoms with van der Waals surface area (Å²) in [7, 11) is 0. The first-order chi connectivity index (χ1) is 7.74. The van der Waals surface area contributed by atoms with Crippen molar-refractivity contribution in [2.45, 2.75) is 31.7 Å². The van der Waals surface area contributed by atoms with E-state index in [0.717, 1.165) is 25.7 Å². The molecule has 3 rings (SSSR count). The van der Waals surface area contributed by atoms with Crippen LogP contribution in [0.15, 0.2) is 10.6 Å². The monoisotopic (exact) mass is 278 g/mol. The van der Waals surface area contributed by atoms with Crippen LogP contribution in [0, 0.1) is 0 Å². The molecule has 0 radical (unpaired) electrons. The van der Waals surface area contributed by atoms with Crippen molar-refractivity contribution in [3.63, 3.8) is 0 Å². The number of hydrogen-bond acceptors (Lipinski definition) is 1. The highest BCUT2D eigenvalue weighted by atomic mass is 79.9. The van der Waals surface area contributed by atoms with E-state index in [-0.39, 0.29) is 0 Å². The molecule has 3 heteroatoms. The summed E-state index contributed by atoms with van der Waals surface area (Å²) in [4.78, 5) is 3.54. The molecule has 0 fully saturated rings. The number of allylic oxidation sites excluding steroid dienone is 2. The first-order valence-corrected chi connectivity index (χ1v) is 6.55. The quantitative estimate of drug-likeness (QED) is 0.733. The number of fused-ring (bicyclic) bond motifs is 3. The summed E-state index contributed by atoms with van der Waals surface area (Å²) in [5.74, 6) is 0. The van der Waals surface area contributed by atoms with Gasteiger partial charge in [-0.3, -0.25) is 0 Å². The minimum absolute atomic E-state index is 0.330. The number of halogens is 1. The molecule has 0 saturated carbocycles. The number of nitrogens with two attached hydrogens (primary N) is 1. The molecule has 84 valence electrons. The summed E-state index contributed by atoms with van der Waals surface area (Å²) >= 11 is 3.55. The Morgan fingerprint density at radius 3 is 3.12 bits per heavy atom. The van der Waals surface area contributed by atoms with Gasteiger partial charge in [0.15, 0.2) is 0 Å². The summed E-state index contributed by atoms with van der Waals surface area (Å²) < 4.78 is 1.23. The molecule has 1 aromatic rings. The van der Waals surface area contributed by atoms with E-state index in [2.05, 4.69) is 39.1 Å². The third-order valence-corrected chi connectivity index (χ3v) is 4.02. The van der Waals surface area contributed by atoms with Crippen molar-refractivity contribution < 1.29 is 0 Å². The standard InChI is InChI=1S/C13H15BrN2/c14-8-1-4-10-11-7-9(15)3-6-13(11)16-12(10)5-2-8/h1,4-5,9,16H,2-3,6-7,15H2. The summed E-state index contributed by atoms with van der Waals surface area (Å²) in [6.45, 7) is 0. The number of H-pyrrole nitrogens is 1. The van der Waals surface area contributed by atoms with E-state index in [0.29, 0.717) is 6.04 Å². The lowest BCUT2D eigenvalue weighted by molar-refractivity contribution is 0.570. The maximum absolute atomic E-state index is 6.05. The van der Waals surface area contributed by atoms with Gasteiger partial charge in [-0.15, -0.1) is 0 Å². The van der Waals surface area contributed by atoms with Gasteiger partial charge in [-0.1, -0.05) is 34.2 Å². The number of rotatable bonds is 0. The fraction of sp³-hybridized carbons (Fsp3) is 0.385. The predicted molar refractivity (Wildman–Crippen MR) is 70.6 cm³/mol. The van der Waals surface area contributed by atoms with Crippen molar-refractivity contribution >= 4 is 28.1 Å². The Bertz CT molecular complexity index is 565. The van der Waals surface area contributed by atoms with Gasteiger partial charge in [-0.2, -0.15) is 0 Å². The van der Waals surface area contributed by atoms with Gasteiger partial charge < -0.3 is 10.7 Å². The SMILES string of the molecule is NC1CCc2[nH]c3c(c2C1)=CC=C(Br)CC=3. The minimum Gasteiger partial charge on any atom is -0.358 e. The van der Waals surface area contributed by atoms with Crippen molar-refractivity contribution in [3.8, 4) is 0 Å². The zero-order valence-corrected chi connectivity index (χ0v) is 10.7. The molecular weight excluding hydrogens is 264 g/mol. The molecule has 3 N–H and O–H groups in total. The van der Waals surface area contributed by atoms with Crippen LogP contribution in [0.5, 0.6) is 0 Å². The van der Waals surface area contributed by atoms with Crippen molar-refractivity contribution in [3.05, 3.63) is 32.4 Å². The highest BCUT2D eigenvalue weighted by molar-refractivity contribution is 9.11. The molecule has 0 amide bonds. The van der Waals surface area contributed by atoms with E-state index in [1.54, 1.807) is 0 Å². The van der Waals surface area contributed by atoms with Crippen LogP contribution in [-0.2, 0) is 12.8 Å². The summed E-state index contributed by atoms with van der Waals surface area (Å²) in [6.07, 6.45) is 10.8. The van der Waals surface area contributed by atoms with Crippen LogP contribution < -0.4 is 16.3 Å². The second-order valence-electron chi connectivity index (χ2n) is 4.60. The maximum atomic E-state index is 6.05. The molecule has 0 aliphatic heterocycles. The van der Waals surface area contributed by atoms with Crippen LogP contribution in [0.2, 0.25) is 0 Å². The number of aryl methyl sites for hydroxylation is 1. The van der Waals surface area contributed by atoms with Crippen LogP contribution in [0.25, 0.3) is 12.2 Å². The van der Waals surface area contributed by atoms with E-state index in [1.165, 1.54) is 26.3 Å². The fourth-order valence-electron chi connectivity index (χ4n) is 2.56. The van der Waals surface area contributed by atoms with Crippen molar-refractivity contribution in [1.29, 1.82) is 0 Å². The molecule has 2 aliphatic rings. The fourth-order valence-corrected chi connectivity index (χ4v) is 2.86. The molecule has 0 spiro atoms. The molecule has 0 aromatic carbocycles. The van der Waals surface area contributed by atoms with Gasteiger partial charge in [0.2, 0.25) is 0 Å². The largest absolute Gasteiger partial charge is 0.358 e. The van der Waals surface area contributed by atoms with E-state index in [1.807, 2.05) is 0 Å². The van der Waals surface area contributed by atoms with E-state index < -0.39 is 0 Å². The number of hydrogen-bond donors (Lipinski definition) is 2. The number of nitrogens with one attached hydrogen (secondary N) is 1. The summed E-state index contributed by atoms with van der Waals surface area (Å²) in [6, 6.07) is 0.330. The van der Waals surface area contributed by atoms with Gasteiger partial charge >= 0.3 is 0 Å². The van der Waals surface area contributed by atoms with Gasteiger partial charge in [0.25, 0.3) is 0 Å². The summed E-state index contributed by atoms with van der Waals surface area (Å²) in [5.41, 5.74) is 8.87. The lowest BCUT2D eigenvalue weighted by Crippen LogP contribution is -2.32. The normalized spacial score (nSPS) is 23.4. The van der Waals surface area contributed by atoms with Gasteiger partial charge in [-0.05, 0) is 35.7 Å². The highest BCUT2D eigenvalue weighted by Crippen LogP contribution is 2.16. The van der Waals surface area contributed by atoms with Gasteiger partial charge in [-0.25, -0.2) is 0 Å². The van der Waals surface area contributed by atoms with Crippen LogP contribution in [0.4, 0.5) is 0 Å². The molecule has 16 heavy (non-hydrogen) atoms. The Labute approximate surface area is 103 Å². The van der Waals surface area contributed by atoms with Crippen LogP contribution in [0.1, 0.15) is 24.1 Å². The van der Waals surface area contributed by atoms with E-state index in [9.17, 15) is 0 Å². The Morgan fingerprint density at radius 2 is 2.25 bits per heavy atom. The van der Waals surface area contributed by atoms with Crippen LogP contribution >= 0.6 is 15.9 Å². The minimum atomic E-state index is 0.330. The Hall–Kier alpha value is -0.800. The lowest BCUT2D eigenvalue weighted by atomic mass is 9.93. The highest BCUT2D eigenvalue weighted by Gasteiger charge is 2.18. The van der Waals surface area contributed by atoms with Crippen molar-refractivity contribution in [2.24, 2.45) is 5.73 Å². The zero-order chi connectivity index (χ0) is 11.1. The summed E-state index contributed by atoms with van der Waals surface area (Å²) in [5, 5.41) is 2.62. The Morgan fingerprint density at radius 1 is 1.38 bits per heavy atom. The smallest absolute Gasteiger partial charge is 0.0422 e. The molecule has 0 bridgehead atoms. The van der Waals surface area contributed by atoms with Crippen molar-refractivity contribution in [2.75, 3.05) is 0 Å². The predicted octanol–water partition coefficient (Wildman–Crippen LogP) is 1.07. The van der Waals surface area contributed by atoms with E-state index >= 15 is 0 Å². The maximum Gasteiger partial charge on any atom is 0.0422 e. The average molecular weight is 279 g/mol. The van der Waals surface area contributed by atoms with Gasteiger partial charge in [0.1, 0.15) is 0 Å². The second-order valence-corrected chi connectivity index (χ2v) is 5.62. The molecule has 2 aliphatic carbocycles. The van der Waals surface area contributed by atoms with Gasteiger partial charge in [0.05, 0.1) is 0 Å². The molecule has 0 saturated heterocycles. The molecule has 1 unspecified atom stereocenters. The van der Waals surface area contributed by atoms with Crippen molar-refractivity contribution in [1.82, 2.24) is 4.98 Å². The Balaban J connectivity index is 2.23. The first-order valence-electron chi connectivity index (χ1n) is 5.76. The number of aromatic amines is 1. The molecule has 1 atom stereocenters. The van der Waals surface area contributed by atoms with Gasteiger partial charge in [0, 0.05) is 22.3 Å². The second kappa shape index (κ2) is 3.90. The zero-order valence-electron chi connectivity index (χ0n) is 9.09. The molecule has 1 heterocycles. The molecule has 2 nitrogen and oxygen atoms in total. The third kappa shape index (κ3) is 1.68.